The number of hydrogen-bond acceptors (Lipinski definition) is 4. The Morgan fingerprint density at radius 1 is 0.378 bits per heavy atom. The van der Waals surface area contributed by atoms with Crippen LogP contribution in [0.15, 0.2) is 0 Å². The number of rotatable bonds is 39. The summed E-state index contributed by atoms with van der Waals surface area (Å²) in [6.45, 7) is 11.2. The van der Waals surface area contributed by atoms with E-state index in [0.717, 1.165) is 25.7 Å². The smallest absolute Gasteiger partial charge is 0.303 e. The van der Waals surface area contributed by atoms with Gasteiger partial charge in [-0.3, -0.25) is 9.05 Å². The summed E-state index contributed by atoms with van der Waals surface area (Å²) < 4.78 is 22.6. The lowest BCUT2D eigenvalue weighted by Crippen LogP contribution is -2.27. The van der Waals surface area contributed by atoms with Crippen molar-refractivity contribution in [2.75, 3.05) is 32.8 Å². The summed E-state index contributed by atoms with van der Waals surface area (Å²) in [5.41, 5.74) is 0. The van der Waals surface area contributed by atoms with Crippen molar-refractivity contribution < 1.29 is 18.5 Å². The molecule has 5 nitrogen and oxygen atoms in total. The van der Waals surface area contributed by atoms with Crippen molar-refractivity contribution in [2.45, 2.75) is 220 Å². The van der Waals surface area contributed by atoms with Crippen LogP contribution in [0.5, 0.6) is 0 Å². The molecular formula is C39H82NO4P. The average molecular weight is 660 g/mol. The molecule has 0 radical (unpaired) electrons. The lowest BCUT2D eigenvalue weighted by molar-refractivity contribution is 0.145. The summed E-state index contributed by atoms with van der Waals surface area (Å²) in [5.74, 6) is 0. The van der Waals surface area contributed by atoms with Gasteiger partial charge in [0.2, 0.25) is 0 Å². The van der Waals surface area contributed by atoms with E-state index in [1.807, 2.05) is 0 Å². The van der Waals surface area contributed by atoms with E-state index in [1.165, 1.54) is 193 Å². The van der Waals surface area contributed by atoms with Gasteiger partial charge in [-0.2, -0.15) is 0 Å². The molecule has 6 heteroatoms. The molecule has 0 aliphatic rings. The molecule has 1 atom stereocenters. The molecule has 0 saturated heterocycles. The van der Waals surface area contributed by atoms with Crippen molar-refractivity contribution in [3.8, 4) is 0 Å². The van der Waals surface area contributed by atoms with E-state index in [-0.39, 0.29) is 0 Å². The van der Waals surface area contributed by atoms with Crippen molar-refractivity contribution in [3.05, 3.63) is 0 Å². The van der Waals surface area contributed by atoms with Crippen LogP contribution in [-0.4, -0.2) is 42.6 Å². The minimum Gasteiger partial charge on any atom is -0.303 e. The van der Waals surface area contributed by atoms with E-state index in [2.05, 4.69) is 25.7 Å². The average Bonchev–Trinajstić information content (AvgIpc) is 3.03. The second-order valence-electron chi connectivity index (χ2n) is 13.9. The molecule has 1 N–H and O–H groups in total. The van der Waals surface area contributed by atoms with E-state index in [0.29, 0.717) is 13.2 Å². The van der Waals surface area contributed by atoms with Gasteiger partial charge in [0.25, 0.3) is 0 Å². The number of phosphoric ester groups is 1. The van der Waals surface area contributed by atoms with Gasteiger partial charge in [-0.05, 0) is 51.7 Å². The third kappa shape index (κ3) is 36.7. The van der Waals surface area contributed by atoms with E-state index in [9.17, 15) is 9.46 Å². The van der Waals surface area contributed by atoms with Gasteiger partial charge in [0, 0.05) is 0 Å². The summed E-state index contributed by atoms with van der Waals surface area (Å²) in [6, 6.07) is 0. The van der Waals surface area contributed by atoms with Gasteiger partial charge in [0.05, 0.1) is 13.2 Å². The molecule has 0 rings (SSSR count). The zero-order chi connectivity index (χ0) is 32.9. The Labute approximate surface area is 283 Å². The van der Waals surface area contributed by atoms with Gasteiger partial charge in [-0.1, -0.05) is 188 Å². The molecule has 0 aromatic rings. The first-order valence-electron chi connectivity index (χ1n) is 20.4. The Hall–Kier alpha value is 0.0700. The second-order valence-corrected chi connectivity index (χ2v) is 15.3. The van der Waals surface area contributed by atoms with Gasteiger partial charge in [0.1, 0.15) is 0 Å². The topological polar surface area (TPSA) is 59.0 Å². The first-order valence-corrected chi connectivity index (χ1v) is 21.9. The lowest BCUT2D eigenvalue weighted by Gasteiger charge is -2.22. The number of phosphoric acid groups is 1. The maximum atomic E-state index is 12.2. The molecule has 0 amide bonds. The van der Waals surface area contributed by atoms with Gasteiger partial charge < -0.3 is 9.79 Å². The van der Waals surface area contributed by atoms with Crippen LogP contribution in [0.1, 0.15) is 220 Å². The normalized spacial score (nSPS) is 13.2. The molecule has 0 aliphatic carbocycles. The molecule has 272 valence electrons. The van der Waals surface area contributed by atoms with Crippen LogP contribution >= 0.6 is 7.82 Å². The summed E-state index contributed by atoms with van der Waals surface area (Å²) in [7, 11) is -3.90. The molecular weight excluding hydrogens is 577 g/mol. The summed E-state index contributed by atoms with van der Waals surface area (Å²) >= 11 is 0. The first kappa shape index (κ1) is 45.1. The molecule has 0 heterocycles. The van der Waals surface area contributed by atoms with E-state index in [4.69, 9.17) is 9.05 Å². The Morgan fingerprint density at radius 3 is 0.867 bits per heavy atom. The quantitative estimate of drug-likeness (QED) is 0.0525. The first-order chi connectivity index (χ1) is 22.1. The number of nitrogens with zero attached hydrogens (tertiary/aromatic N) is 1. The fourth-order valence-corrected chi connectivity index (χ4v) is 7.02. The van der Waals surface area contributed by atoms with Crippen LogP contribution in [-0.2, 0) is 13.6 Å². The van der Waals surface area contributed by atoms with E-state index in [1.54, 1.807) is 0 Å². The monoisotopic (exact) mass is 660 g/mol. The van der Waals surface area contributed by atoms with Crippen molar-refractivity contribution in [1.29, 1.82) is 0 Å². The van der Waals surface area contributed by atoms with E-state index < -0.39 is 7.82 Å². The van der Waals surface area contributed by atoms with Crippen molar-refractivity contribution >= 4 is 7.82 Å². The van der Waals surface area contributed by atoms with Crippen LogP contribution < -0.4 is 0 Å². The second kappa shape index (κ2) is 36.9. The van der Waals surface area contributed by atoms with E-state index >= 15 is 0 Å². The standard InChI is InChI=1S/C39H82NO4P/c1-4-7-10-13-16-19-20-23-28-33-38-43-45(41,42)44-39-34-29-24-27-32-37-40(35-30-25-21-17-14-11-8-5-2)36-31-26-22-18-15-12-9-6-3/h4-39H2,1-3H3,(H,41,42). The molecule has 0 fully saturated rings. The van der Waals surface area contributed by atoms with Crippen LogP contribution in [0.4, 0.5) is 0 Å². The molecule has 0 aromatic carbocycles. The molecule has 0 spiro atoms. The molecule has 45 heavy (non-hydrogen) atoms. The predicted octanol–water partition coefficient (Wildman–Crippen LogP) is 13.6. The lowest BCUT2D eigenvalue weighted by atomic mass is 10.1. The van der Waals surface area contributed by atoms with Crippen LogP contribution in [0.25, 0.3) is 0 Å². The Bertz CT molecular complexity index is 586. The Balaban J connectivity index is 3.90. The summed E-state index contributed by atoms with van der Waals surface area (Å²) in [6.07, 6.45) is 40.2. The highest BCUT2D eigenvalue weighted by Crippen LogP contribution is 2.43. The third-order valence-corrected chi connectivity index (χ3v) is 10.3. The summed E-state index contributed by atoms with van der Waals surface area (Å²) in [4.78, 5) is 12.7. The zero-order valence-electron chi connectivity index (χ0n) is 31.0. The third-order valence-electron chi connectivity index (χ3n) is 9.28. The molecule has 0 bridgehead atoms. The largest absolute Gasteiger partial charge is 0.472 e. The SMILES string of the molecule is CCCCCCCCCCCCOP(=O)(O)OCCCCCCCN(CCCCCCCCCC)CCCCCCCCCC. The molecule has 0 aromatic heterocycles. The van der Waals surface area contributed by atoms with Crippen LogP contribution in [0.3, 0.4) is 0 Å². The summed E-state index contributed by atoms with van der Waals surface area (Å²) in [5, 5.41) is 0. The number of hydrogen-bond donors (Lipinski definition) is 1. The maximum Gasteiger partial charge on any atom is 0.472 e. The van der Waals surface area contributed by atoms with Crippen LogP contribution in [0.2, 0.25) is 0 Å². The van der Waals surface area contributed by atoms with Crippen molar-refractivity contribution in [2.24, 2.45) is 0 Å². The molecule has 0 aliphatic heterocycles. The van der Waals surface area contributed by atoms with Gasteiger partial charge in [0.15, 0.2) is 0 Å². The predicted molar refractivity (Wildman–Crippen MR) is 198 cm³/mol. The van der Waals surface area contributed by atoms with Crippen molar-refractivity contribution in [3.63, 3.8) is 0 Å². The van der Waals surface area contributed by atoms with Gasteiger partial charge in [-0.15, -0.1) is 0 Å². The minimum absolute atomic E-state index is 0.314. The minimum atomic E-state index is -3.90. The van der Waals surface area contributed by atoms with Crippen LogP contribution in [0, 0.1) is 0 Å². The molecule has 0 saturated carbocycles. The Kier molecular flexibility index (Phi) is 37.0. The fraction of sp³-hybridized carbons (Fsp3) is 1.00. The van der Waals surface area contributed by atoms with Gasteiger partial charge >= 0.3 is 7.82 Å². The highest BCUT2D eigenvalue weighted by atomic mass is 31.2. The number of unbranched alkanes of at least 4 members (excludes halogenated alkanes) is 27. The fourth-order valence-electron chi connectivity index (χ4n) is 6.23. The maximum absolute atomic E-state index is 12.2. The van der Waals surface area contributed by atoms with Crippen molar-refractivity contribution in [1.82, 2.24) is 4.90 Å². The van der Waals surface area contributed by atoms with Gasteiger partial charge in [-0.25, -0.2) is 4.57 Å². The zero-order valence-corrected chi connectivity index (χ0v) is 31.9. The molecule has 1 unspecified atom stereocenters. The Morgan fingerprint density at radius 2 is 0.600 bits per heavy atom. The highest BCUT2D eigenvalue weighted by molar-refractivity contribution is 7.47. The highest BCUT2D eigenvalue weighted by Gasteiger charge is 2.20.